The molecule has 2 aromatic carbocycles. The summed E-state index contributed by atoms with van der Waals surface area (Å²) >= 11 is 0. The third kappa shape index (κ3) is 6.10. The van der Waals surface area contributed by atoms with Crippen molar-refractivity contribution in [2.24, 2.45) is 0 Å². The average molecular weight is 367 g/mol. The number of rotatable bonds is 7. The minimum atomic E-state index is -0.00941. The van der Waals surface area contributed by atoms with Crippen LogP contribution in [0.3, 0.4) is 0 Å². The molecule has 27 heavy (non-hydrogen) atoms. The third-order valence-corrected chi connectivity index (χ3v) is 5.18. The van der Waals surface area contributed by atoms with E-state index < -0.39 is 0 Å². The Labute approximate surface area is 162 Å². The Morgan fingerprint density at radius 3 is 2.19 bits per heavy atom. The number of benzene rings is 2. The van der Waals surface area contributed by atoms with Crippen molar-refractivity contribution in [3.63, 3.8) is 0 Å². The van der Waals surface area contributed by atoms with E-state index in [1.54, 1.807) is 7.11 Å². The van der Waals surface area contributed by atoms with Gasteiger partial charge in [-0.15, -0.1) is 0 Å². The normalized spacial score (nSPS) is 15.1. The van der Waals surface area contributed by atoms with E-state index >= 15 is 0 Å². The lowest BCUT2D eigenvalue weighted by atomic mass is 10.1. The van der Waals surface area contributed by atoms with Gasteiger partial charge < -0.3 is 10.1 Å². The van der Waals surface area contributed by atoms with Gasteiger partial charge in [0.05, 0.1) is 7.11 Å². The molecule has 0 radical (unpaired) electrons. The van der Waals surface area contributed by atoms with Crippen molar-refractivity contribution in [2.45, 2.75) is 38.6 Å². The van der Waals surface area contributed by atoms with Crippen LogP contribution in [0.1, 0.15) is 47.2 Å². The van der Waals surface area contributed by atoms with Crippen LogP contribution >= 0.6 is 0 Å². The summed E-state index contributed by atoms with van der Waals surface area (Å²) in [5, 5.41) is 3.00. The summed E-state index contributed by atoms with van der Waals surface area (Å²) in [6.07, 6.45) is 6.12. The van der Waals surface area contributed by atoms with Crippen molar-refractivity contribution in [1.29, 1.82) is 0 Å². The summed E-state index contributed by atoms with van der Waals surface area (Å²) in [6.45, 7) is 3.99. The van der Waals surface area contributed by atoms with E-state index in [-0.39, 0.29) is 5.91 Å². The van der Waals surface area contributed by atoms with E-state index in [1.165, 1.54) is 49.9 Å². The van der Waals surface area contributed by atoms with E-state index in [9.17, 15) is 4.79 Å². The van der Waals surface area contributed by atoms with Crippen LogP contribution in [0, 0.1) is 0 Å². The molecular formula is C23H30N2O2. The Hall–Kier alpha value is -2.33. The quantitative estimate of drug-likeness (QED) is 0.804. The molecule has 144 valence electrons. The van der Waals surface area contributed by atoms with Gasteiger partial charge in [0, 0.05) is 18.7 Å². The zero-order chi connectivity index (χ0) is 18.9. The molecule has 0 spiro atoms. The summed E-state index contributed by atoms with van der Waals surface area (Å²) in [5.74, 6) is 0.841. The summed E-state index contributed by atoms with van der Waals surface area (Å²) in [4.78, 5) is 14.9. The van der Waals surface area contributed by atoms with Gasteiger partial charge in [0.2, 0.25) is 0 Å². The minimum absolute atomic E-state index is 0.00941. The number of ether oxygens (including phenoxy) is 1. The van der Waals surface area contributed by atoms with Crippen LogP contribution in [0.4, 0.5) is 0 Å². The van der Waals surface area contributed by atoms with E-state index in [2.05, 4.69) is 22.3 Å². The number of likely N-dealkylation sites (tertiary alicyclic amines) is 1. The molecule has 1 aliphatic rings. The van der Waals surface area contributed by atoms with E-state index in [4.69, 9.17) is 4.74 Å². The highest BCUT2D eigenvalue weighted by atomic mass is 16.5. The molecule has 0 atom stereocenters. The van der Waals surface area contributed by atoms with Gasteiger partial charge in [-0.3, -0.25) is 9.69 Å². The Bertz CT molecular complexity index is 702. The fourth-order valence-electron chi connectivity index (χ4n) is 3.53. The summed E-state index contributed by atoms with van der Waals surface area (Å²) in [5.41, 5.74) is 3.19. The van der Waals surface area contributed by atoms with Crippen molar-refractivity contribution < 1.29 is 9.53 Å². The van der Waals surface area contributed by atoms with E-state index in [0.29, 0.717) is 6.54 Å². The monoisotopic (exact) mass is 366 g/mol. The molecule has 2 aromatic rings. The molecule has 0 aliphatic carbocycles. The smallest absolute Gasteiger partial charge is 0.251 e. The number of hydrogen-bond donors (Lipinski definition) is 1. The SMILES string of the molecule is COc1ccc(CCNC(=O)c2ccc(CN3CCCCCC3)cc2)cc1. The third-order valence-electron chi connectivity index (χ3n) is 5.18. The van der Waals surface area contributed by atoms with Crippen molar-refractivity contribution in [3.8, 4) is 5.75 Å². The molecule has 1 N–H and O–H groups in total. The van der Waals surface area contributed by atoms with Crippen molar-refractivity contribution in [3.05, 3.63) is 65.2 Å². The molecule has 0 bridgehead atoms. The highest BCUT2D eigenvalue weighted by Crippen LogP contribution is 2.14. The van der Waals surface area contributed by atoms with Crippen LogP contribution in [0.25, 0.3) is 0 Å². The van der Waals surface area contributed by atoms with Crippen LogP contribution in [0.15, 0.2) is 48.5 Å². The fraction of sp³-hybridized carbons (Fsp3) is 0.435. The fourth-order valence-corrected chi connectivity index (χ4v) is 3.53. The van der Waals surface area contributed by atoms with E-state index in [1.807, 2.05) is 36.4 Å². The van der Waals surface area contributed by atoms with Gasteiger partial charge in [-0.25, -0.2) is 0 Å². The molecule has 0 unspecified atom stereocenters. The number of carbonyl (C=O) groups excluding carboxylic acids is 1. The lowest BCUT2D eigenvalue weighted by molar-refractivity contribution is 0.0954. The van der Waals surface area contributed by atoms with Crippen LogP contribution in [0.5, 0.6) is 5.75 Å². The zero-order valence-corrected chi connectivity index (χ0v) is 16.2. The molecule has 1 saturated heterocycles. The molecule has 1 amide bonds. The highest BCUT2D eigenvalue weighted by molar-refractivity contribution is 5.94. The van der Waals surface area contributed by atoms with Crippen molar-refractivity contribution in [2.75, 3.05) is 26.7 Å². The predicted octanol–water partition coefficient (Wildman–Crippen LogP) is 4.04. The molecule has 4 heteroatoms. The predicted molar refractivity (Wildman–Crippen MR) is 109 cm³/mol. The number of nitrogens with zero attached hydrogens (tertiary/aromatic N) is 1. The molecule has 1 aliphatic heterocycles. The summed E-state index contributed by atoms with van der Waals surface area (Å²) in [7, 11) is 1.66. The summed E-state index contributed by atoms with van der Waals surface area (Å²) in [6, 6.07) is 16.0. The Morgan fingerprint density at radius 2 is 1.56 bits per heavy atom. The highest BCUT2D eigenvalue weighted by Gasteiger charge is 2.10. The second-order valence-electron chi connectivity index (χ2n) is 7.24. The van der Waals surface area contributed by atoms with Crippen LogP contribution in [-0.4, -0.2) is 37.6 Å². The van der Waals surface area contributed by atoms with Gasteiger partial charge in [-0.1, -0.05) is 37.1 Å². The minimum Gasteiger partial charge on any atom is -0.497 e. The molecule has 0 aromatic heterocycles. The Morgan fingerprint density at radius 1 is 0.926 bits per heavy atom. The Balaban J connectivity index is 1.45. The molecule has 1 heterocycles. The maximum Gasteiger partial charge on any atom is 0.251 e. The van der Waals surface area contributed by atoms with Gasteiger partial charge in [0.1, 0.15) is 5.75 Å². The number of nitrogens with one attached hydrogen (secondary N) is 1. The molecule has 3 rings (SSSR count). The standard InChI is InChI=1S/C23H30N2O2/c1-27-22-12-8-19(9-13-22)14-15-24-23(26)21-10-6-20(7-11-21)18-25-16-4-2-3-5-17-25/h6-13H,2-5,14-18H2,1H3,(H,24,26). The first-order valence-electron chi connectivity index (χ1n) is 9.97. The zero-order valence-electron chi connectivity index (χ0n) is 16.2. The van der Waals surface area contributed by atoms with Gasteiger partial charge in [-0.05, 0) is 67.7 Å². The lowest BCUT2D eigenvalue weighted by Crippen LogP contribution is -2.26. The Kier molecular flexibility index (Phi) is 7.28. The van der Waals surface area contributed by atoms with Crippen LogP contribution < -0.4 is 10.1 Å². The number of amides is 1. The van der Waals surface area contributed by atoms with Crippen molar-refractivity contribution >= 4 is 5.91 Å². The second kappa shape index (κ2) is 10.1. The maximum absolute atomic E-state index is 12.3. The van der Waals surface area contributed by atoms with Gasteiger partial charge >= 0.3 is 0 Å². The topological polar surface area (TPSA) is 41.6 Å². The molecular weight excluding hydrogens is 336 g/mol. The second-order valence-corrected chi connectivity index (χ2v) is 7.24. The molecule has 0 saturated carbocycles. The van der Waals surface area contributed by atoms with Gasteiger partial charge in [0.25, 0.3) is 5.91 Å². The van der Waals surface area contributed by atoms with Crippen LogP contribution in [0.2, 0.25) is 0 Å². The first-order chi connectivity index (χ1) is 13.2. The molecule has 4 nitrogen and oxygen atoms in total. The van der Waals surface area contributed by atoms with E-state index in [0.717, 1.165) is 24.3 Å². The largest absolute Gasteiger partial charge is 0.497 e. The summed E-state index contributed by atoms with van der Waals surface area (Å²) < 4.78 is 5.16. The first kappa shape index (κ1) is 19.4. The number of carbonyl (C=O) groups is 1. The lowest BCUT2D eigenvalue weighted by Gasteiger charge is -2.19. The first-order valence-corrected chi connectivity index (χ1v) is 9.97. The number of hydrogen-bond acceptors (Lipinski definition) is 3. The maximum atomic E-state index is 12.3. The number of methoxy groups -OCH3 is 1. The van der Waals surface area contributed by atoms with Gasteiger partial charge in [-0.2, -0.15) is 0 Å². The van der Waals surface area contributed by atoms with Crippen molar-refractivity contribution in [1.82, 2.24) is 10.2 Å². The molecule has 1 fully saturated rings. The van der Waals surface area contributed by atoms with Crippen LogP contribution in [-0.2, 0) is 13.0 Å². The average Bonchev–Trinajstić information content (AvgIpc) is 2.98. The van der Waals surface area contributed by atoms with Gasteiger partial charge in [0.15, 0.2) is 0 Å².